The summed E-state index contributed by atoms with van der Waals surface area (Å²) in [4.78, 5) is 0. The number of nitrogens with one attached hydrogen (secondary N) is 1. The smallest absolute Gasteiger partial charge is 0.216 e. The molecule has 5 nitrogen and oxygen atoms in total. The Hall–Kier alpha value is -0.940. The lowest BCUT2D eigenvalue weighted by Gasteiger charge is -1.99. The van der Waals surface area contributed by atoms with Crippen molar-refractivity contribution in [2.75, 3.05) is 19.8 Å². The Morgan fingerprint density at radius 1 is 1.22 bits per heavy atom. The third-order valence-electron chi connectivity index (χ3n) is 2.97. The van der Waals surface area contributed by atoms with Crippen LogP contribution in [0.1, 0.15) is 44.4 Å². The second kappa shape index (κ2) is 7.48. The lowest BCUT2D eigenvalue weighted by molar-refractivity contribution is 0.143. The van der Waals surface area contributed by atoms with Gasteiger partial charge in [-0.1, -0.05) is 0 Å². The van der Waals surface area contributed by atoms with Gasteiger partial charge in [0.05, 0.1) is 0 Å². The molecule has 0 saturated heterocycles. The van der Waals surface area contributed by atoms with Crippen molar-refractivity contribution in [3.8, 4) is 0 Å². The van der Waals surface area contributed by atoms with Crippen LogP contribution in [0.4, 0.5) is 0 Å². The average Bonchev–Trinajstić information content (AvgIpc) is 3.10. The highest BCUT2D eigenvalue weighted by atomic mass is 16.5. The third-order valence-corrected chi connectivity index (χ3v) is 2.97. The molecule has 0 amide bonds. The summed E-state index contributed by atoms with van der Waals surface area (Å²) in [6.07, 6.45) is 6.37. The SMILES string of the molecule is CCOCCCc1nnc(CCCNC2CC2)o1. The molecular weight excluding hydrogens is 230 g/mol. The number of rotatable bonds is 10. The van der Waals surface area contributed by atoms with Crippen LogP contribution in [0.25, 0.3) is 0 Å². The minimum Gasteiger partial charge on any atom is -0.425 e. The van der Waals surface area contributed by atoms with Crippen LogP contribution >= 0.6 is 0 Å². The van der Waals surface area contributed by atoms with E-state index in [0.29, 0.717) is 0 Å². The number of ether oxygens (including phenoxy) is 1. The average molecular weight is 253 g/mol. The quantitative estimate of drug-likeness (QED) is 0.643. The minimum atomic E-state index is 0.736. The van der Waals surface area contributed by atoms with Crippen molar-refractivity contribution in [2.24, 2.45) is 0 Å². The van der Waals surface area contributed by atoms with Gasteiger partial charge in [0, 0.05) is 32.1 Å². The second-order valence-electron chi connectivity index (χ2n) is 4.72. The number of hydrogen-bond acceptors (Lipinski definition) is 5. The Kier molecular flexibility index (Phi) is 5.61. The van der Waals surface area contributed by atoms with E-state index in [-0.39, 0.29) is 0 Å². The van der Waals surface area contributed by atoms with Gasteiger partial charge in [-0.05, 0) is 39.2 Å². The van der Waals surface area contributed by atoms with Gasteiger partial charge in [0.15, 0.2) is 0 Å². The molecule has 1 aromatic heterocycles. The van der Waals surface area contributed by atoms with Crippen molar-refractivity contribution >= 4 is 0 Å². The Bertz CT molecular complexity index is 337. The van der Waals surface area contributed by atoms with E-state index < -0.39 is 0 Å². The van der Waals surface area contributed by atoms with Gasteiger partial charge < -0.3 is 14.5 Å². The van der Waals surface area contributed by atoms with Crippen LogP contribution in [0.3, 0.4) is 0 Å². The van der Waals surface area contributed by atoms with Gasteiger partial charge in [0.1, 0.15) is 0 Å². The first-order valence-corrected chi connectivity index (χ1v) is 7.01. The van der Waals surface area contributed by atoms with Crippen LogP contribution < -0.4 is 5.32 Å². The molecule has 1 N–H and O–H groups in total. The lowest BCUT2D eigenvalue weighted by Crippen LogP contribution is -2.17. The van der Waals surface area contributed by atoms with Gasteiger partial charge in [-0.3, -0.25) is 0 Å². The maximum absolute atomic E-state index is 5.58. The summed E-state index contributed by atoms with van der Waals surface area (Å²) in [6, 6.07) is 0.779. The molecular formula is C13H23N3O2. The molecule has 0 aliphatic heterocycles. The summed E-state index contributed by atoms with van der Waals surface area (Å²) in [5.74, 6) is 1.50. The number of hydrogen-bond donors (Lipinski definition) is 1. The van der Waals surface area contributed by atoms with Gasteiger partial charge in [0.25, 0.3) is 0 Å². The molecule has 0 spiro atoms. The van der Waals surface area contributed by atoms with E-state index >= 15 is 0 Å². The molecule has 1 saturated carbocycles. The first-order chi connectivity index (χ1) is 8.88. The molecule has 1 aliphatic rings. The molecule has 18 heavy (non-hydrogen) atoms. The van der Waals surface area contributed by atoms with E-state index in [2.05, 4.69) is 15.5 Å². The van der Waals surface area contributed by atoms with Crippen molar-refractivity contribution in [3.05, 3.63) is 11.8 Å². The zero-order valence-electron chi connectivity index (χ0n) is 11.2. The predicted octanol–water partition coefficient (Wildman–Crippen LogP) is 1.72. The molecule has 102 valence electrons. The van der Waals surface area contributed by atoms with Crippen LogP contribution in [0.2, 0.25) is 0 Å². The van der Waals surface area contributed by atoms with E-state index in [1.54, 1.807) is 0 Å². The first-order valence-electron chi connectivity index (χ1n) is 7.01. The van der Waals surface area contributed by atoms with E-state index in [1.807, 2.05) is 6.92 Å². The fraction of sp³-hybridized carbons (Fsp3) is 0.846. The van der Waals surface area contributed by atoms with E-state index in [0.717, 1.165) is 63.3 Å². The zero-order valence-corrected chi connectivity index (χ0v) is 11.2. The minimum absolute atomic E-state index is 0.736. The maximum Gasteiger partial charge on any atom is 0.216 e. The molecule has 5 heteroatoms. The third kappa shape index (κ3) is 5.14. The molecule has 0 atom stereocenters. The highest BCUT2D eigenvalue weighted by Gasteiger charge is 2.19. The molecule has 2 rings (SSSR count). The van der Waals surface area contributed by atoms with Crippen LogP contribution in [0, 0.1) is 0 Å². The maximum atomic E-state index is 5.58. The summed E-state index contributed by atoms with van der Waals surface area (Å²) in [7, 11) is 0. The Balaban J connectivity index is 1.56. The summed E-state index contributed by atoms with van der Waals surface area (Å²) >= 11 is 0. The van der Waals surface area contributed by atoms with Crippen LogP contribution in [0.15, 0.2) is 4.42 Å². The number of nitrogens with zero attached hydrogens (tertiary/aromatic N) is 2. The van der Waals surface area contributed by atoms with E-state index in [1.165, 1.54) is 12.8 Å². The molecule has 0 bridgehead atoms. The second-order valence-corrected chi connectivity index (χ2v) is 4.72. The van der Waals surface area contributed by atoms with Gasteiger partial charge in [-0.15, -0.1) is 10.2 Å². The van der Waals surface area contributed by atoms with Crippen molar-refractivity contribution in [2.45, 2.75) is 51.5 Å². The fourth-order valence-electron chi connectivity index (χ4n) is 1.79. The fourth-order valence-corrected chi connectivity index (χ4v) is 1.79. The summed E-state index contributed by atoms with van der Waals surface area (Å²) in [5.41, 5.74) is 0. The van der Waals surface area contributed by atoms with Crippen molar-refractivity contribution in [1.29, 1.82) is 0 Å². The van der Waals surface area contributed by atoms with Gasteiger partial charge in [0.2, 0.25) is 11.8 Å². The summed E-state index contributed by atoms with van der Waals surface area (Å²) < 4.78 is 10.9. The van der Waals surface area contributed by atoms with Crippen molar-refractivity contribution < 1.29 is 9.15 Å². The van der Waals surface area contributed by atoms with E-state index in [9.17, 15) is 0 Å². The predicted molar refractivity (Wildman–Crippen MR) is 68.5 cm³/mol. The highest BCUT2D eigenvalue weighted by molar-refractivity contribution is 4.84. The molecule has 1 aromatic rings. The monoisotopic (exact) mass is 253 g/mol. The highest BCUT2D eigenvalue weighted by Crippen LogP contribution is 2.18. The summed E-state index contributed by atoms with van der Waals surface area (Å²) in [5, 5.41) is 11.6. The van der Waals surface area contributed by atoms with Crippen LogP contribution in [0.5, 0.6) is 0 Å². The molecule has 0 aromatic carbocycles. The Labute approximate surface area is 108 Å². The van der Waals surface area contributed by atoms with Crippen LogP contribution in [-0.4, -0.2) is 36.0 Å². The molecule has 1 heterocycles. The standard InChI is InChI=1S/C13H23N3O2/c1-2-17-10-4-6-13-16-15-12(18-13)5-3-9-14-11-7-8-11/h11,14H,2-10H2,1H3. The summed E-state index contributed by atoms with van der Waals surface area (Å²) in [6.45, 7) is 4.58. The normalized spacial score (nSPS) is 15.2. The van der Waals surface area contributed by atoms with E-state index in [4.69, 9.17) is 9.15 Å². The Morgan fingerprint density at radius 3 is 2.61 bits per heavy atom. The Morgan fingerprint density at radius 2 is 1.94 bits per heavy atom. The van der Waals surface area contributed by atoms with Gasteiger partial charge in [-0.25, -0.2) is 0 Å². The zero-order chi connectivity index (χ0) is 12.6. The first kappa shape index (κ1) is 13.5. The largest absolute Gasteiger partial charge is 0.425 e. The van der Waals surface area contributed by atoms with Gasteiger partial charge in [-0.2, -0.15) is 0 Å². The molecule has 0 radical (unpaired) electrons. The van der Waals surface area contributed by atoms with Gasteiger partial charge >= 0.3 is 0 Å². The molecule has 0 unspecified atom stereocenters. The lowest BCUT2D eigenvalue weighted by atomic mass is 10.3. The molecule has 1 fully saturated rings. The molecule has 1 aliphatic carbocycles. The van der Waals surface area contributed by atoms with Crippen molar-refractivity contribution in [1.82, 2.24) is 15.5 Å². The number of aryl methyl sites for hydroxylation is 2. The number of aromatic nitrogens is 2. The van der Waals surface area contributed by atoms with Crippen molar-refractivity contribution in [3.63, 3.8) is 0 Å². The topological polar surface area (TPSA) is 60.2 Å². The van der Waals surface area contributed by atoms with Crippen LogP contribution in [-0.2, 0) is 17.6 Å².